The number of thioether (sulfide) groups is 1. The fourth-order valence-corrected chi connectivity index (χ4v) is 2.39. The molecule has 0 aromatic heterocycles. The summed E-state index contributed by atoms with van der Waals surface area (Å²) < 4.78 is 0. The zero-order valence-electron chi connectivity index (χ0n) is 9.95. The first-order chi connectivity index (χ1) is 7.83. The maximum absolute atomic E-state index is 11.4. The second-order valence-electron chi connectivity index (χ2n) is 3.93. The van der Waals surface area contributed by atoms with Crippen LogP contribution in [0.3, 0.4) is 0 Å². The first-order valence-electron chi connectivity index (χ1n) is 5.96. The van der Waals surface area contributed by atoms with Gasteiger partial charge in [0.05, 0.1) is 0 Å². The predicted octanol–water partition coefficient (Wildman–Crippen LogP) is 4.07. The van der Waals surface area contributed by atoms with Crippen molar-refractivity contribution < 1.29 is 4.79 Å². The third-order valence-corrected chi connectivity index (χ3v) is 3.48. The van der Waals surface area contributed by atoms with Crippen LogP contribution in [0.15, 0.2) is 30.3 Å². The highest BCUT2D eigenvalue weighted by molar-refractivity contribution is 7.98. The van der Waals surface area contributed by atoms with E-state index in [1.807, 2.05) is 17.8 Å². The lowest BCUT2D eigenvalue weighted by Crippen LogP contribution is -1.99. The van der Waals surface area contributed by atoms with E-state index in [-0.39, 0.29) is 0 Å². The topological polar surface area (TPSA) is 17.1 Å². The molecule has 16 heavy (non-hydrogen) atoms. The van der Waals surface area contributed by atoms with E-state index in [0.29, 0.717) is 5.78 Å². The number of carbonyl (C=O) groups excluding carboxylic acids is 1. The molecule has 0 atom stereocenters. The summed E-state index contributed by atoms with van der Waals surface area (Å²) in [6.07, 6.45) is 3.66. The predicted molar refractivity (Wildman–Crippen MR) is 71.8 cm³/mol. The Morgan fingerprint density at radius 2 is 1.94 bits per heavy atom. The molecule has 1 aromatic carbocycles. The van der Waals surface area contributed by atoms with E-state index in [1.54, 1.807) is 0 Å². The van der Waals surface area contributed by atoms with Crippen LogP contribution in [0.4, 0.5) is 0 Å². The molecule has 0 aliphatic heterocycles. The third-order valence-electron chi connectivity index (χ3n) is 2.45. The molecular formula is C14H20OS. The number of hydrogen-bond donors (Lipinski definition) is 0. The van der Waals surface area contributed by atoms with Crippen molar-refractivity contribution in [3.05, 3.63) is 35.9 Å². The second kappa shape index (κ2) is 8.40. The lowest BCUT2D eigenvalue weighted by molar-refractivity contribution is -0.118. The van der Waals surface area contributed by atoms with Crippen LogP contribution in [0, 0.1) is 0 Å². The molecule has 0 aliphatic carbocycles. The van der Waals surface area contributed by atoms with Gasteiger partial charge in [0.25, 0.3) is 0 Å². The van der Waals surface area contributed by atoms with Crippen molar-refractivity contribution in [1.29, 1.82) is 0 Å². The van der Waals surface area contributed by atoms with E-state index >= 15 is 0 Å². The van der Waals surface area contributed by atoms with Gasteiger partial charge in [-0.25, -0.2) is 0 Å². The average Bonchev–Trinajstić information content (AvgIpc) is 2.33. The average molecular weight is 236 g/mol. The minimum absolute atomic E-state index is 0.419. The lowest BCUT2D eigenvalue weighted by atomic mass is 10.1. The Balaban J connectivity index is 2.06. The summed E-state index contributed by atoms with van der Waals surface area (Å²) >= 11 is 1.85. The number of carbonyl (C=O) groups is 1. The fraction of sp³-hybridized carbons (Fsp3) is 0.500. The van der Waals surface area contributed by atoms with E-state index in [2.05, 4.69) is 31.2 Å². The van der Waals surface area contributed by atoms with Crippen molar-refractivity contribution in [2.75, 3.05) is 5.75 Å². The Morgan fingerprint density at radius 1 is 1.19 bits per heavy atom. The van der Waals surface area contributed by atoms with E-state index < -0.39 is 0 Å². The van der Waals surface area contributed by atoms with Crippen molar-refractivity contribution in [2.24, 2.45) is 0 Å². The van der Waals surface area contributed by atoms with Gasteiger partial charge in [0.1, 0.15) is 5.78 Å². The van der Waals surface area contributed by atoms with Gasteiger partial charge in [-0.1, -0.05) is 43.7 Å². The van der Waals surface area contributed by atoms with Crippen LogP contribution in [0.5, 0.6) is 0 Å². The first-order valence-corrected chi connectivity index (χ1v) is 7.11. The molecule has 1 aromatic rings. The summed E-state index contributed by atoms with van der Waals surface area (Å²) in [4.78, 5) is 11.4. The summed E-state index contributed by atoms with van der Waals surface area (Å²) in [5.74, 6) is 2.39. The largest absolute Gasteiger partial charge is 0.300 e. The zero-order chi connectivity index (χ0) is 11.6. The molecule has 0 bridgehead atoms. The fourth-order valence-electron chi connectivity index (χ4n) is 1.45. The highest BCUT2D eigenvalue weighted by Gasteiger charge is 2.01. The smallest absolute Gasteiger partial charge is 0.133 e. The standard InChI is InChI=1S/C14H20OS/c1-2-3-9-14(15)10-11-16-12-13-7-5-4-6-8-13/h4-8H,2-3,9-12H2,1H3. The van der Waals surface area contributed by atoms with Gasteiger partial charge in [-0.3, -0.25) is 4.79 Å². The maximum Gasteiger partial charge on any atom is 0.133 e. The van der Waals surface area contributed by atoms with Gasteiger partial charge >= 0.3 is 0 Å². The number of benzene rings is 1. The van der Waals surface area contributed by atoms with Gasteiger partial charge in [0, 0.05) is 24.3 Å². The van der Waals surface area contributed by atoms with Gasteiger partial charge in [0.2, 0.25) is 0 Å². The summed E-state index contributed by atoms with van der Waals surface area (Å²) in [7, 11) is 0. The van der Waals surface area contributed by atoms with Crippen LogP contribution < -0.4 is 0 Å². The molecule has 0 aliphatic rings. The monoisotopic (exact) mass is 236 g/mol. The molecule has 0 saturated heterocycles. The van der Waals surface area contributed by atoms with Gasteiger partial charge < -0.3 is 0 Å². The molecule has 88 valence electrons. The molecule has 0 fully saturated rings. The molecule has 0 unspecified atom stereocenters. The van der Waals surface area contributed by atoms with Crippen LogP contribution in [0.2, 0.25) is 0 Å². The Labute approximate surface area is 103 Å². The molecule has 0 saturated carbocycles. The number of unbranched alkanes of at least 4 members (excludes halogenated alkanes) is 1. The quantitative estimate of drug-likeness (QED) is 0.633. The van der Waals surface area contributed by atoms with Crippen LogP contribution >= 0.6 is 11.8 Å². The number of ketones is 1. The van der Waals surface area contributed by atoms with Gasteiger partial charge in [-0.15, -0.1) is 0 Å². The van der Waals surface area contributed by atoms with Crippen molar-refractivity contribution in [3.63, 3.8) is 0 Å². The SMILES string of the molecule is CCCCC(=O)CCSCc1ccccc1. The molecule has 1 nitrogen and oxygen atoms in total. The Morgan fingerprint density at radius 3 is 2.62 bits per heavy atom. The van der Waals surface area contributed by atoms with Crippen LogP contribution in [0.25, 0.3) is 0 Å². The zero-order valence-corrected chi connectivity index (χ0v) is 10.8. The van der Waals surface area contributed by atoms with Crippen molar-refractivity contribution in [3.8, 4) is 0 Å². The van der Waals surface area contributed by atoms with E-state index in [1.165, 1.54) is 5.56 Å². The minimum atomic E-state index is 0.419. The van der Waals surface area contributed by atoms with Gasteiger partial charge in [0.15, 0.2) is 0 Å². The first kappa shape index (κ1) is 13.3. The third kappa shape index (κ3) is 5.96. The van der Waals surface area contributed by atoms with Crippen molar-refractivity contribution in [2.45, 2.75) is 38.4 Å². The Bertz CT molecular complexity index is 295. The molecule has 2 heteroatoms. The lowest BCUT2D eigenvalue weighted by Gasteiger charge is -2.01. The van der Waals surface area contributed by atoms with Gasteiger partial charge in [-0.05, 0) is 12.0 Å². The molecule has 0 amide bonds. The minimum Gasteiger partial charge on any atom is -0.300 e. The number of hydrogen-bond acceptors (Lipinski definition) is 2. The van der Waals surface area contributed by atoms with Gasteiger partial charge in [-0.2, -0.15) is 11.8 Å². The molecular weight excluding hydrogens is 216 g/mol. The molecule has 0 heterocycles. The van der Waals surface area contributed by atoms with Crippen molar-refractivity contribution in [1.82, 2.24) is 0 Å². The highest BCUT2D eigenvalue weighted by atomic mass is 32.2. The molecule has 0 spiro atoms. The Hall–Kier alpha value is -0.760. The molecule has 1 rings (SSSR count). The Kier molecular flexibility index (Phi) is 6.98. The second-order valence-corrected chi connectivity index (χ2v) is 5.04. The molecule has 0 radical (unpaired) electrons. The van der Waals surface area contributed by atoms with Crippen LogP contribution in [-0.4, -0.2) is 11.5 Å². The highest BCUT2D eigenvalue weighted by Crippen LogP contribution is 2.13. The molecule has 0 N–H and O–H groups in total. The van der Waals surface area contributed by atoms with E-state index in [4.69, 9.17) is 0 Å². The normalized spacial score (nSPS) is 10.3. The summed E-state index contributed by atoms with van der Waals surface area (Å²) in [6.45, 7) is 2.12. The van der Waals surface area contributed by atoms with E-state index in [0.717, 1.165) is 37.2 Å². The number of rotatable bonds is 8. The van der Waals surface area contributed by atoms with E-state index in [9.17, 15) is 4.79 Å². The maximum atomic E-state index is 11.4. The summed E-state index contributed by atoms with van der Waals surface area (Å²) in [6, 6.07) is 10.4. The summed E-state index contributed by atoms with van der Waals surface area (Å²) in [5.41, 5.74) is 1.34. The van der Waals surface area contributed by atoms with Crippen LogP contribution in [0.1, 0.15) is 38.2 Å². The number of Topliss-reactive ketones (excluding diaryl/α,β-unsaturated/α-hetero) is 1. The van der Waals surface area contributed by atoms with Crippen molar-refractivity contribution >= 4 is 17.5 Å². The van der Waals surface area contributed by atoms with Crippen LogP contribution in [-0.2, 0) is 10.5 Å². The summed E-state index contributed by atoms with van der Waals surface area (Å²) in [5, 5.41) is 0.